The Morgan fingerprint density at radius 2 is 1.55 bits per heavy atom. The van der Waals surface area contributed by atoms with Gasteiger partial charge in [0.25, 0.3) is 5.65 Å². The fourth-order valence-corrected chi connectivity index (χ4v) is 7.77. The third kappa shape index (κ3) is 1.66. The highest BCUT2D eigenvalue weighted by atomic mass is 15.2. The van der Waals surface area contributed by atoms with E-state index < -0.39 is 0 Å². The Morgan fingerprint density at radius 1 is 0.818 bits per heavy atom. The van der Waals surface area contributed by atoms with Crippen molar-refractivity contribution in [2.24, 2.45) is 0 Å². The number of fused-ring (bicyclic) bond motifs is 7. The molecule has 8 rings (SSSR count). The van der Waals surface area contributed by atoms with Crippen LogP contribution in [0.1, 0.15) is 43.4 Å². The van der Waals surface area contributed by atoms with Crippen LogP contribution in [0.2, 0.25) is 0 Å². The molecule has 1 aliphatic carbocycles. The SMILES string of the molecule is CCC12C=CC1(CC)[n+]1cc3c4c(C)cccc4c4cc(C)cc5c6cccc2c6c1n3c45. The van der Waals surface area contributed by atoms with Crippen LogP contribution in [0.5, 0.6) is 0 Å². The minimum absolute atomic E-state index is 0.00173. The van der Waals surface area contributed by atoms with Gasteiger partial charge in [0, 0.05) is 21.5 Å². The fourth-order valence-electron chi connectivity index (χ4n) is 7.77. The molecular formula is C31H27N2+. The maximum absolute atomic E-state index is 2.66. The third-order valence-electron chi connectivity index (χ3n) is 9.23. The lowest BCUT2D eigenvalue weighted by molar-refractivity contribution is -0.743. The molecule has 2 heteroatoms. The van der Waals surface area contributed by atoms with Gasteiger partial charge in [-0.25, -0.2) is 4.57 Å². The Hall–Kier alpha value is -3.39. The van der Waals surface area contributed by atoms with Gasteiger partial charge in [-0.1, -0.05) is 56.3 Å². The van der Waals surface area contributed by atoms with Gasteiger partial charge >= 0.3 is 0 Å². The van der Waals surface area contributed by atoms with Crippen molar-refractivity contribution in [2.45, 2.75) is 51.5 Å². The molecule has 0 saturated heterocycles. The average molecular weight is 428 g/mol. The first-order valence-corrected chi connectivity index (χ1v) is 12.3. The Kier molecular flexibility index (Phi) is 2.95. The molecule has 1 aliphatic heterocycles. The molecular weight excluding hydrogens is 400 g/mol. The quantitative estimate of drug-likeness (QED) is 0.119. The molecule has 3 aromatic heterocycles. The molecule has 3 aromatic carbocycles. The molecule has 0 bridgehead atoms. The van der Waals surface area contributed by atoms with E-state index in [1.165, 1.54) is 65.7 Å². The van der Waals surface area contributed by atoms with Gasteiger partial charge in [0.2, 0.25) is 0 Å². The Balaban J connectivity index is 1.81. The minimum atomic E-state index is -0.00173. The molecule has 0 fully saturated rings. The topological polar surface area (TPSA) is 8.29 Å². The molecule has 2 atom stereocenters. The second kappa shape index (κ2) is 5.39. The highest BCUT2D eigenvalue weighted by molar-refractivity contribution is 6.25. The minimum Gasteiger partial charge on any atom is -0.219 e. The highest BCUT2D eigenvalue weighted by Gasteiger charge is 2.62. The van der Waals surface area contributed by atoms with Crippen LogP contribution in [0.15, 0.2) is 66.9 Å². The molecule has 160 valence electrons. The number of aryl methyl sites for hydroxylation is 2. The van der Waals surface area contributed by atoms with Crippen molar-refractivity contribution in [3.63, 3.8) is 0 Å². The highest BCUT2D eigenvalue weighted by Crippen LogP contribution is 2.57. The van der Waals surface area contributed by atoms with E-state index in [1.54, 1.807) is 0 Å². The molecule has 2 aliphatic rings. The van der Waals surface area contributed by atoms with Crippen molar-refractivity contribution in [2.75, 3.05) is 0 Å². The van der Waals surface area contributed by atoms with Crippen LogP contribution in [0.3, 0.4) is 0 Å². The zero-order valence-corrected chi connectivity index (χ0v) is 19.7. The zero-order chi connectivity index (χ0) is 22.3. The van der Waals surface area contributed by atoms with Crippen molar-refractivity contribution < 1.29 is 4.57 Å². The van der Waals surface area contributed by atoms with Crippen LogP contribution in [0, 0.1) is 13.8 Å². The fraction of sp³-hybridized carbons (Fsp3) is 0.258. The lowest BCUT2D eigenvalue weighted by Crippen LogP contribution is -2.70. The summed E-state index contributed by atoms with van der Waals surface area (Å²) in [5.74, 6) is 0. The monoisotopic (exact) mass is 427 g/mol. The van der Waals surface area contributed by atoms with Gasteiger partial charge in [0.05, 0.1) is 10.8 Å². The number of rotatable bonds is 2. The predicted octanol–water partition coefficient (Wildman–Crippen LogP) is 7.23. The normalized spacial score (nSPS) is 23.5. The standard InChI is InChI=1S/C31H27N2/c1-5-30-13-14-31(30,6-2)32-17-25-26-19(4)9-7-10-20(26)22-15-18(3)16-23-21-11-8-12-24(30)27(21)29(32)33(25)28(22)23/h7-17H,5-6H2,1-4H3/q+1. The molecule has 4 heterocycles. The number of aromatic nitrogens is 2. The van der Waals surface area contributed by atoms with E-state index in [0.29, 0.717) is 0 Å². The van der Waals surface area contributed by atoms with E-state index in [4.69, 9.17) is 0 Å². The molecule has 33 heavy (non-hydrogen) atoms. The summed E-state index contributed by atoms with van der Waals surface area (Å²) in [7, 11) is 0. The van der Waals surface area contributed by atoms with Gasteiger partial charge in [0.1, 0.15) is 17.3 Å². The summed E-state index contributed by atoms with van der Waals surface area (Å²) in [6.45, 7) is 9.24. The maximum atomic E-state index is 2.66. The van der Waals surface area contributed by atoms with Gasteiger partial charge in [-0.3, -0.25) is 0 Å². The summed E-state index contributed by atoms with van der Waals surface area (Å²) < 4.78 is 5.26. The number of hydrogen-bond acceptors (Lipinski definition) is 0. The van der Waals surface area contributed by atoms with Gasteiger partial charge in [-0.2, -0.15) is 4.40 Å². The van der Waals surface area contributed by atoms with Crippen molar-refractivity contribution in [1.82, 2.24) is 4.40 Å². The Morgan fingerprint density at radius 3 is 2.21 bits per heavy atom. The number of hydrogen-bond donors (Lipinski definition) is 0. The molecule has 2 nitrogen and oxygen atoms in total. The van der Waals surface area contributed by atoms with Crippen molar-refractivity contribution in [1.29, 1.82) is 0 Å². The lowest BCUT2D eigenvalue weighted by atomic mass is 9.53. The van der Waals surface area contributed by atoms with Crippen molar-refractivity contribution >= 4 is 49.0 Å². The number of imidazole rings is 1. The van der Waals surface area contributed by atoms with Crippen molar-refractivity contribution in [3.8, 4) is 0 Å². The second-order valence-electron chi connectivity index (χ2n) is 10.4. The number of allylic oxidation sites excluding steroid dienone is 2. The number of nitrogens with zero attached hydrogens (tertiary/aromatic N) is 2. The summed E-state index contributed by atoms with van der Waals surface area (Å²) in [5, 5.41) is 8.35. The molecule has 0 spiro atoms. The summed E-state index contributed by atoms with van der Waals surface area (Å²) in [6.07, 6.45) is 9.67. The van der Waals surface area contributed by atoms with Crippen LogP contribution in [0.25, 0.3) is 49.0 Å². The lowest BCUT2D eigenvalue weighted by Gasteiger charge is -2.53. The largest absolute Gasteiger partial charge is 0.296 e. The Bertz CT molecular complexity index is 1870. The van der Waals surface area contributed by atoms with Crippen LogP contribution < -0.4 is 4.57 Å². The second-order valence-corrected chi connectivity index (χ2v) is 10.4. The van der Waals surface area contributed by atoms with Crippen molar-refractivity contribution in [3.05, 3.63) is 83.6 Å². The van der Waals surface area contributed by atoms with E-state index in [1.807, 2.05) is 0 Å². The van der Waals surface area contributed by atoms with E-state index in [9.17, 15) is 0 Å². The summed E-state index contributed by atoms with van der Waals surface area (Å²) in [5.41, 5.74) is 8.33. The average Bonchev–Trinajstić information content (AvgIpc) is 3.19. The number of benzene rings is 3. The Labute approximate surface area is 193 Å². The third-order valence-corrected chi connectivity index (χ3v) is 9.23. The van der Waals surface area contributed by atoms with E-state index >= 15 is 0 Å². The zero-order valence-electron chi connectivity index (χ0n) is 19.7. The van der Waals surface area contributed by atoms with E-state index in [-0.39, 0.29) is 11.0 Å². The molecule has 6 aromatic rings. The van der Waals surface area contributed by atoms with Crippen LogP contribution in [0.4, 0.5) is 0 Å². The number of pyridine rings is 2. The van der Waals surface area contributed by atoms with Crippen LogP contribution in [-0.4, -0.2) is 4.40 Å². The molecule has 0 saturated carbocycles. The first-order chi connectivity index (χ1) is 16.1. The molecule has 0 amide bonds. The van der Waals surface area contributed by atoms with Gasteiger partial charge in [-0.15, -0.1) is 0 Å². The predicted molar refractivity (Wildman–Crippen MR) is 138 cm³/mol. The first kappa shape index (κ1) is 18.1. The molecule has 0 radical (unpaired) electrons. The maximum Gasteiger partial charge on any atom is 0.296 e. The summed E-state index contributed by atoms with van der Waals surface area (Å²) in [6, 6.07) is 18.7. The molecule has 2 unspecified atom stereocenters. The van der Waals surface area contributed by atoms with Gasteiger partial charge in [-0.05, 0) is 67.0 Å². The van der Waals surface area contributed by atoms with Crippen LogP contribution >= 0.6 is 0 Å². The summed E-state index contributed by atoms with van der Waals surface area (Å²) in [4.78, 5) is 0. The van der Waals surface area contributed by atoms with E-state index in [2.05, 4.69) is 104 Å². The smallest absolute Gasteiger partial charge is 0.219 e. The van der Waals surface area contributed by atoms with Gasteiger partial charge < -0.3 is 0 Å². The summed E-state index contributed by atoms with van der Waals surface area (Å²) >= 11 is 0. The molecule has 0 N–H and O–H groups in total. The van der Waals surface area contributed by atoms with Gasteiger partial charge in [0.15, 0.2) is 5.52 Å². The van der Waals surface area contributed by atoms with Crippen LogP contribution in [-0.2, 0) is 11.0 Å². The first-order valence-electron chi connectivity index (χ1n) is 12.3. The van der Waals surface area contributed by atoms with E-state index in [0.717, 1.165) is 12.8 Å².